The summed E-state index contributed by atoms with van der Waals surface area (Å²) >= 11 is 0. The Hall–Kier alpha value is -0.530. The van der Waals surface area contributed by atoms with E-state index in [9.17, 15) is 4.79 Å². The Morgan fingerprint density at radius 3 is 1.75 bits per heavy atom. The van der Waals surface area contributed by atoms with Gasteiger partial charge in [-0.25, -0.2) is 0 Å². The van der Waals surface area contributed by atoms with E-state index in [0.717, 1.165) is 6.42 Å². The van der Waals surface area contributed by atoms with Crippen molar-refractivity contribution in [1.29, 1.82) is 0 Å². The zero-order valence-electron chi connectivity index (χ0n) is 7.69. The average molecular weight is 177 g/mol. The van der Waals surface area contributed by atoms with Crippen LogP contribution in [-0.4, -0.2) is 13.0 Å². The molecule has 2 heteroatoms. The molecule has 12 heavy (non-hydrogen) atoms. The van der Waals surface area contributed by atoms with Crippen molar-refractivity contribution in [2.75, 3.05) is 7.05 Å². The summed E-state index contributed by atoms with van der Waals surface area (Å²) in [6.07, 6.45) is 0.916. The highest BCUT2D eigenvalue weighted by Gasteiger charge is 2.05. The van der Waals surface area contributed by atoms with E-state index in [1.807, 2.05) is 27.7 Å². The molecular formula is C10H27NO. The molecule has 0 aliphatic rings. The van der Waals surface area contributed by atoms with Gasteiger partial charge in [0.1, 0.15) is 0 Å². The summed E-state index contributed by atoms with van der Waals surface area (Å²) in [4.78, 5) is 10.6. The van der Waals surface area contributed by atoms with Crippen LogP contribution >= 0.6 is 0 Å². The SMILES string of the molecule is C.C.CC.CC[C@@H](C)C(=O)NC. The number of carbonyl (C=O) groups excluding carboxylic acids is 1. The third-order valence-corrected chi connectivity index (χ3v) is 1.31. The van der Waals surface area contributed by atoms with E-state index in [0.29, 0.717) is 0 Å². The first-order valence-electron chi connectivity index (χ1n) is 3.94. The summed E-state index contributed by atoms with van der Waals surface area (Å²) in [5.74, 6) is 0.299. The molecule has 1 atom stereocenters. The van der Waals surface area contributed by atoms with Gasteiger partial charge in [0.2, 0.25) is 5.91 Å². The summed E-state index contributed by atoms with van der Waals surface area (Å²) in [5.41, 5.74) is 0. The lowest BCUT2D eigenvalue weighted by Gasteiger charge is -2.03. The molecule has 1 N–H and O–H groups in total. The fourth-order valence-electron chi connectivity index (χ4n) is 0.432. The molecule has 0 aliphatic heterocycles. The molecule has 0 fully saturated rings. The van der Waals surface area contributed by atoms with Crippen LogP contribution in [0, 0.1) is 5.92 Å². The van der Waals surface area contributed by atoms with E-state index in [1.54, 1.807) is 7.05 Å². The standard InChI is InChI=1S/C6H13NO.C2H6.2CH4/c1-4-5(2)6(8)7-3;1-2;;/h5H,4H2,1-3H3,(H,7,8);1-2H3;2*1H4/t5-;;;/m1.../s1. The van der Waals surface area contributed by atoms with Crippen molar-refractivity contribution in [2.24, 2.45) is 5.92 Å². The van der Waals surface area contributed by atoms with E-state index in [4.69, 9.17) is 0 Å². The van der Waals surface area contributed by atoms with Crippen molar-refractivity contribution in [2.45, 2.75) is 49.0 Å². The molecule has 0 rings (SSSR count). The van der Waals surface area contributed by atoms with Crippen molar-refractivity contribution in [3.8, 4) is 0 Å². The van der Waals surface area contributed by atoms with Crippen LogP contribution in [0.2, 0.25) is 0 Å². The van der Waals surface area contributed by atoms with Gasteiger partial charge < -0.3 is 5.32 Å². The largest absolute Gasteiger partial charge is 0.359 e. The predicted octanol–water partition coefficient (Wildman–Crippen LogP) is 3.08. The van der Waals surface area contributed by atoms with Gasteiger partial charge in [-0.2, -0.15) is 0 Å². The van der Waals surface area contributed by atoms with Crippen molar-refractivity contribution in [1.82, 2.24) is 5.32 Å². The first-order valence-corrected chi connectivity index (χ1v) is 3.94. The average Bonchev–Trinajstić information content (AvgIpc) is 2.05. The molecule has 0 aromatic rings. The fourth-order valence-corrected chi connectivity index (χ4v) is 0.432. The van der Waals surface area contributed by atoms with E-state index in [2.05, 4.69) is 5.32 Å². The third-order valence-electron chi connectivity index (χ3n) is 1.31. The van der Waals surface area contributed by atoms with Gasteiger partial charge in [-0.05, 0) is 6.42 Å². The third kappa shape index (κ3) is 12.2. The first-order chi connectivity index (χ1) is 4.72. The number of rotatable bonds is 2. The van der Waals surface area contributed by atoms with Gasteiger partial charge in [0.15, 0.2) is 0 Å². The Morgan fingerprint density at radius 1 is 1.33 bits per heavy atom. The summed E-state index contributed by atoms with van der Waals surface area (Å²) in [7, 11) is 1.66. The monoisotopic (exact) mass is 177 g/mol. The second-order valence-electron chi connectivity index (χ2n) is 1.92. The highest BCUT2D eigenvalue weighted by Crippen LogP contribution is 1.97. The van der Waals surface area contributed by atoms with Crippen LogP contribution in [0.15, 0.2) is 0 Å². The van der Waals surface area contributed by atoms with Gasteiger partial charge in [-0.3, -0.25) is 4.79 Å². The minimum Gasteiger partial charge on any atom is -0.359 e. The van der Waals surface area contributed by atoms with E-state index in [-0.39, 0.29) is 26.7 Å². The first kappa shape index (κ1) is 22.5. The highest BCUT2D eigenvalue weighted by atomic mass is 16.1. The molecule has 0 aliphatic carbocycles. The van der Waals surface area contributed by atoms with Gasteiger partial charge in [0.05, 0.1) is 0 Å². The smallest absolute Gasteiger partial charge is 0.222 e. The quantitative estimate of drug-likeness (QED) is 0.690. The number of hydrogen-bond acceptors (Lipinski definition) is 1. The van der Waals surface area contributed by atoms with Crippen molar-refractivity contribution >= 4 is 5.91 Å². The Labute approximate surface area is 78.8 Å². The predicted molar refractivity (Wildman–Crippen MR) is 58.3 cm³/mol. The maximum atomic E-state index is 10.6. The molecule has 0 saturated carbocycles. The molecule has 0 aromatic carbocycles. The molecule has 78 valence electrons. The fraction of sp³-hybridized carbons (Fsp3) is 0.900. The molecule has 2 nitrogen and oxygen atoms in total. The molecule has 0 bridgehead atoms. The lowest BCUT2D eigenvalue weighted by atomic mass is 10.1. The molecule has 0 heterocycles. The van der Waals surface area contributed by atoms with Crippen molar-refractivity contribution in [3.63, 3.8) is 0 Å². The Balaban J connectivity index is -0.0000000740. The molecule has 0 radical (unpaired) electrons. The van der Waals surface area contributed by atoms with Crippen LogP contribution in [0.25, 0.3) is 0 Å². The molecule has 0 saturated heterocycles. The van der Waals surface area contributed by atoms with Crippen molar-refractivity contribution in [3.05, 3.63) is 0 Å². The van der Waals surface area contributed by atoms with Gasteiger partial charge in [0, 0.05) is 13.0 Å². The molecule has 0 aromatic heterocycles. The molecule has 0 spiro atoms. The number of hydrogen-bond donors (Lipinski definition) is 1. The zero-order chi connectivity index (χ0) is 8.57. The van der Waals surface area contributed by atoms with Crippen LogP contribution < -0.4 is 5.32 Å². The highest BCUT2D eigenvalue weighted by molar-refractivity contribution is 5.77. The van der Waals surface area contributed by atoms with Gasteiger partial charge >= 0.3 is 0 Å². The van der Waals surface area contributed by atoms with E-state index < -0.39 is 0 Å². The zero-order valence-corrected chi connectivity index (χ0v) is 7.69. The lowest BCUT2D eigenvalue weighted by molar-refractivity contribution is -0.124. The van der Waals surface area contributed by atoms with Gasteiger partial charge in [0.25, 0.3) is 0 Å². The molecular weight excluding hydrogens is 150 g/mol. The Bertz CT molecular complexity index is 81.9. The van der Waals surface area contributed by atoms with Crippen molar-refractivity contribution < 1.29 is 4.79 Å². The summed E-state index contributed by atoms with van der Waals surface area (Å²) in [6, 6.07) is 0. The maximum Gasteiger partial charge on any atom is 0.222 e. The number of nitrogens with one attached hydrogen (secondary N) is 1. The summed E-state index contributed by atoms with van der Waals surface area (Å²) in [6.45, 7) is 7.92. The lowest BCUT2D eigenvalue weighted by Crippen LogP contribution is -2.24. The van der Waals surface area contributed by atoms with Gasteiger partial charge in [-0.1, -0.05) is 42.5 Å². The topological polar surface area (TPSA) is 29.1 Å². The minimum atomic E-state index is 0. The van der Waals surface area contributed by atoms with Crippen LogP contribution in [-0.2, 0) is 4.79 Å². The molecule has 1 amide bonds. The number of carbonyl (C=O) groups is 1. The van der Waals surface area contributed by atoms with Crippen LogP contribution in [0.4, 0.5) is 0 Å². The summed E-state index contributed by atoms with van der Waals surface area (Å²) in [5, 5.41) is 2.58. The minimum absolute atomic E-state index is 0. The number of amides is 1. The van der Waals surface area contributed by atoms with Gasteiger partial charge in [-0.15, -0.1) is 0 Å². The Morgan fingerprint density at radius 2 is 1.67 bits per heavy atom. The van der Waals surface area contributed by atoms with Crippen LogP contribution in [0.1, 0.15) is 49.0 Å². The van der Waals surface area contributed by atoms with E-state index in [1.165, 1.54) is 0 Å². The Kier molecular flexibility index (Phi) is 31.6. The maximum absolute atomic E-state index is 10.6. The van der Waals surface area contributed by atoms with Crippen LogP contribution in [0.3, 0.4) is 0 Å². The normalized spacial score (nSPS) is 9.08. The molecule has 0 unspecified atom stereocenters. The summed E-state index contributed by atoms with van der Waals surface area (Å²) < 4.78 is 0. The second-order valence-corrected chi connectivity index (χ2v) is 1.92. The second kappa shape index (κ2) is 16.8. The van der Waals surface area contributed by atoms with Crippen LogP contribution in [0.5, 0.6) is 0 Å². The van der Waals surface area contributed by atoms with E-state index >= 15 is 0 Å².